The highest BCUT2D eigenvalue weighted by Gasteiger charge is 2.20. The van der Waals surface area contributed by atoms with Crippen LogP contribution in [0.1, 0.15) is 20.8 Å². The van der Waals surface area contributed by atoms with Crippen molar-refractivity contribution in [3.05, 3.63) is 10.4 Å². The second kappa shape index (κ2) is 2.78. The summed E-state index contributed by atoms with van der Waals surface area (Å²) in [7, 11) is 0. The molecule has 0 atom stereocenters. The smallest absolute Gasteiger partial charge is 0.282 e. The summed E-state index contributed by atoms with van der Waals surface area (Å²) in [6.45, 7) is 5.83. The average Bonchev–Trinajstić information content (AvgIpc) is 2.45. The molecule has 0 unspecified atom stereocenters. The van der Waals surface area contributed by atoms with Gasteiger partial charge in [-0.1, -0.05) is 5.21 Å². The molecule has 0 fully saturated rings. The summed E-state index contributed by atoms with van der Waals surface area (Å²) in [5, 5.41) is 7.67. The molecular weight excluding hydrogens is 196 g/mol. The zero-order valence-electron chi connectivity index (χ0n) is 8.77. The Kier molecular flexibility index (Phi) is 1.79. The molecule has 0 aliphatic heterocycles. The summed E-state index contributed by atoms with van der Waals surface area (Å²) in [6.07, 6.45) is 0. The third kappa shape index (κ3) is 1.45. The molecule has 0 saturated carbocycles. The molecule has 15 heavy (non-hydrogen) atoms. The maximum absolute atomic E-state index is 11.4. The third-order valence-electron chi connectivity index (χ3n) is 1.97. The van der Waals surface area contributed by atoms with Crippen molar-refractivity contribution in [3.8, 4) is 0 Å². The van der Waals surface area contributed by atoms with Gasteiger partial charge in [0.25, 0.3) is 5.56 Å². The summed E-state index contributed by atoms with van der Waals surface area (Å²) in [6, 6.07) is 0. The molecule has 0 aliphatic rings. The molecule has 2 rings (SSSR count). The molecule has 0 saturated heterocycles. The first-order valence-electron chi connectivity index (χ1n) is 4.51. The van der Waals surface area contributed by atoms with Crippen LogP contribution in [-0.2, 0) is 5.54 Å². The number of fused-ring (bicyclic) bond motifs is 1. The van der Waals surface area contributed by atoms with Gasteiger partial charge >= 0.3 is 0 Å². The monoisotopic (exact) mass is 208 g/mol. The first-order chi connectivity index (χ1) is 6.89. The third-order valence-corrected chi connectivity index (χ3v) is 1.97. The number of nitrogens with two attached hydrogens (primary N) is 1. The quantitative estimate of drug-likeness (QED) is 0.626. The van der Waals surface area contributed by atoms with E-state index in [1.165, 1.54) is 0 Å². The van der Waals surface area contributed by atoms with Crippen molar-refractivity contribution in [2.75, 3.05) is 5.73 Å². The fourth-order valence-corrected chi connectivity index (χ4v) is 1.29. The highest BCUT2D eigenvalue weighted by molar-refractivity contribution is 5.69. The second-order valence-electron chi connectivity index (χ2n) is 4.30. The minimum atomic E-state index is -0.368. The van der Waals surface area contributed by atoms with Gasteiger partial charge in [-0.15, -0.1) is 5.10 Å². The molecule has 0 spiro atoms. The molecule has 80 valence electrons. The first-order valence-corrected chi connectivity index (χ1v) is 4.51. The Morgan fingerprint density at radius 2 is 2.07 bits per heavy atom. The summed E-state index contributed by atoms with van der Waals surface area (Å²) in [5.74, 6) is 0.0697. The van der Waals surface area contributed by atoms with Crippen LogP contribution >= 0.6 is 0 Å². The summed E-state index contributed by atoms with van der Waals surface area (Å²) in [4.78, 5) is 17.8. The van der Waals surface area contributed by atoms with Crippen molar-refractivity contribution in [3.63, 3.8) is 0 Å². The van der Waals surface area contributed by atoms with Gasteiger partial charge in [-0.05, 0) is 20.8 Å². The van der Waals surface area contributed by atoms with Crippen LogP contribution in [0, 0.1) is 0 Å². The van der Waals surface area contributed by atoms with Crippen LogP contribution in [0.4, 0.5) is 5.95 Å². The van der Waals surface area contributed by atoms with Crippen LogP contribution in [0.15, 0.2) is 4.79 Å². The van der Waals surface area contributed by atoms with Crippen molar-refractivity contribution in [2.45, 2.75) is 26.3 Å². The van der Waals surface area contributed by atoms with Crippen LogP contribution in [0.2, 0.25) is 0 Å². The minimum absolute atomic E-state index is 0.0697. The van der Waals surface area contributed by atoms with Gasteiger partial charge in [-0.2, -0.15) is 4.98 Å². The van der Waals surface area contributed by atoms with E-state index >= 15 is 0 Å². The molecule has 2 aromatic heterocycles. The van der Waals surface area contributed by atoms with E-state index < -0.39 is 0 Å². The molecule has 0 aliphatic carbocycles. The Hall–Kier alpha value is -1.92. The van der Waals surface area contributed by atoms with Gasteiger partial charge in [0, 0.05) is 0 Å². The van der Waals surface area contributed by atoms with Gasteiger partial charge in [0.15, 0.2) is 11.2 Å². The van der Waals surface area contributed by atoms with Gasteiger partial charge < -0.3 is 5.73 Å². The summed E-state index contributed by atoms with van der Waals surface area (Å²) in [5.41, 5.74) is 5.42. The number of rotatable bonds is 0. The number of nitrogen functional groups attached to an aromatic ring is 1. The molecule has 2 aromatic rings. The molecule has 7 heteroatoms. The lowest BCUT2D eigenvalue weighted by atomic mass is 10.1. The number of nitrogens with one attached hydrogen (secondary N) is 1. The van der Waals surface area contributed by atoms with Crippen molar-refractivity contribution < 1.29 is 0 Å². The second-order valence-corrected chi connectivity index (χ2v) is 4.30. The van der Waals surface area contributed by atoms with E-state index in [2.05, 4.69) is 20.3 Å². The van der Waals surface area contributed by atoms with E-state index in [0.29, 0.717) is 5.65 Å². The van der Waals surface area contributed by atoms with Crippen molar-refractivity contribution >= 4 is 17.1 Å². The number of aromatic nitrogens is 5. The maximum atomic E-state index is 11.4. The number of nitrogens with zero attached hydrogens (tertiary/aromatic N) is 4. The lowest BCUT2D eigenvalue weighted by molar-refractivity contribution is 0.356. The van der Waals surface area contributed by atoms with Crippen LogP contribution in [0.25, 0.3) is 11.2 Å². The van der Waals surface area contributed by atoms with E-state index in [0.717, 1.165) is 0 Å². The zero-order valence-corrected chi connectivity index (χ0v) is 8.77. The molecule has 0 aromatic carbocycles. The molecule has 0 amide bonds. The fraction of sp³-hybridized carbons (Fsp3) is 0.500. The highest BCUT2D eigenvalue weighted by Crippen LogP contribution is 2.16. The predicted octanol–water partition coefficient (Wildman–Crippen LogP) is -0.148. The van der Waals surface area contributed by atoms with Gasteiger partial charge in [0.2, 0.25) is 5.95 Å². The van der Waals surface area contributed by atoms with E-state index in [-0.39, 0.29) is 22.6 Å². The van der Waals surface area contributed by atoms with Crippen LogP contribution in [-0.4, -0.2) is 25.0 Å². The Balaban J connectivity index is 2.86. The zero-order chi connectivity index (χ0) is 11.2. The topological polar surface area (TPSA) is 102 Å². The molecule has 7 nitrogen and oxygen atoms in total. The number of H-pyrrole nitrogens is 1. The van der Waals surface area contributed by atoms with Crippen LogP contribution < -0.4 is 11.3 Å². The number of anilines is 1. The van der Waals surface area contributed by atoms with Crippen molar-refractivity contribution in [2.24, 2.45) is 0 Å². The lowest BCUT2D eigenvalue weighted by Gasteiger charge is -2.18. The molecule has 3 N–H and O–H groups in total. The van der Waals surface area contributed by atoms with E-state index in [1.54, 1.807) is 4.68 Å². The predicted molar refractivity (Wildman–Crippen MR) is 55.4 cm³/mol. The number of hydrogen-bond donors (Lipinski definition) is 2. The SMILES string of the molecule is CC(C)(C)n1nnc2c(=O)[nH]c(N)nc21. The van der Waals surface area contributed by atoms with Gasteiger partial charge in [0.1, 0.15) is 0 Å². The fourth-order valence-electron chi connectivity index (χ4n) is 1.29. The summed E-state index contributed by atoms with van der Waals surface area (Å²) < 4.78 is 1.58. The largest absolute Gasteiger partial charge is 0.369 e. The highest BCUT2D eigenvalue weighted by atomic mass is 16.1. The van der Waals surface area contributed by atoms with E-state index in [4.69, 9.17) is 5.73 Å². The Morgan fingerprint density at radius 3 is 2.67 bits per heavy atom. The number of hydrogen-bond acceptors (Lipinski definition) is 5. The average molecular weight is 208 g/mol. The van der Waals surface area contributed by atoms with Crippen LogP contribution in [0.3, 0.4) is 0 Å². The van der Waals surface area contributed by atoms with E-state index in [1.807, 2.05) is 20.8 Å². The van der Waals surface area contributed by atoms with Gasteiger partial charge in [-0.3, -0.25) is 9.78 Å². The molecule has 0 bridgehead atoms. The Morgan fingerprint density at radius 1 is 1.40 bits per heavy atom. The molecular formula is C8H12N6O. The van der Waals surface area contributed by atoms with Crippen molar-refractivity contribution in [1.29, 1.82) is 0 Å². The Labute approximate surface area is 85.3 Å². The molecule has 0 radical (unpaired) electrons. The standard InChI is InChI=1S/C8H12N6O/c1-8(2,3)14-5-4(12-13-14)6(15)11-7(9)10-5/h1-3H3,(H3,9,10,11,15). The normalized spacial score (nSPS) is 12.2. The first kappa shape index (κ1) is 9.63. The lowest BCUT2D eigenvalue weighted by Crippen LogP contribution is -2.24. The molecule has 2 heterocycles. The van der Waals surface area contributed by atoms with E-state index in [9.17, 15) is 4.79 Å². The maximum Gasteiger partial charge on any atom is 0.282 e. The Bertz CT molecular complexity index is 560. The van der Waals surface area contributed by atoms with Crippen LogP contribution in [0.5, 0.6) is 0 Å². The van der Waals surface area contributed by atoms with Gasteiger partial charge in [-0.25, -0.2) is 4.68 Å². The summed E-state index contributed by atoms with van der Waals surface area (Å²) >= 11 is 0. The minimum Gasteiger partial charge on any atom is -0.369 e. The van der Waals surface area contributed by atoms with Gasteiger partial charge in [0.05, 0.1) is 5.54 Å². The number of aromatic amines is 1. The van der Waals surface area contributed by atoms with Crippen molar-refractivity contribution in [1.82, 2.24) is 25.0 Å².